The van der Waals surface area contributed by atoms with Crippen LogP contribution in [0.25, 0.3) is 0 Å². The third kappa shape index (κ3) is 1.75. The van der Waals surface area contributed by atoms with Crippen molar-refractivity contribution in [3.8, 4) is 0 Å². The zero-order valence-corrected chi connectivity index (χ0v) is 8.11. The highest BCUT2D eigenvalue weighted by molar-refractivity contribution is 5.99. The number of carbonyl (C=O) groups excluding carboxylic acids is 1. The fourth-order valence-electron chi connectivity index (χ4n) is 0.905. The molecule has 1 rings (SSSR count). The molecule has 0 spiro atoms. The standard InChI is InChI=1S/C8H14N4O/c1-4-8(2,9)6(13)7-11-10-5-12(7)3/h5H,4,9H2,1-3H3. The Morgan fingerprint density at radius 3 is 2.77 bits per heavy atom. The summed E-state index contributed by atoms with van der Waals surface area (Å²) in [6.45, 7) is 3.57. The normalized spacial score (nSPS) is 15.4. The average Bonchev–Trinajstić information content (AvgIpc) is 2.50. The lowest BCUT2D eigenvalue weighted by Crippen LogP contribution is -2.45. The smallest absolute Gasteiger partial charge is 0.219 e. The van der Waals surface area contributed by atoms with Gasteiger partial charge in [-0.2, -0.15) is 0 Å². The Kier molecular flexibility index (Phi) is 2.47. The minimum atomic E-state index is -0.846. The van der Waals surface area contributed by atoms with Crippen LogP contribution in [0.1, 0.15) is 30.9 Å². The van der Waals surface area contributed by atoms with Gasteiger partial charge in [0.15, 0.2) is 0 Å². The van der Waals surface area contributed by atoms with Crippen LogP contribution < -0.4 is 5.73 Å². The van der Waals surface area contributed by atoms with Crippen LogP contribution in [0.2, 0.25) is 0 Å². The number of rotatable bonds is 3. The monoisotopic (exact) mass is 182 g/mol. The molecule has 0 amide bonds. The van der Waals surface area contributed by atoms with E-state index in [1.807, 2.05) is 6.92 Å². The Bertz CT molecular complexity index is 316. The van der Waals surface area contributed by atoms with Gasteiger partial charge in [0.2, 0.25) is 11.6 Å². The minimum absolute atomic E-state index is 0.171. The van der Waals surface area contributed by atoms with Crippen LogP contribution in [0.3, 0.4) is 0 Å². The first-order valence-corrected chi connectivity index (χ1v) is 4.16. The molecule has 1 aromatic heterocycles. The van der Waals surface area contributed by atoms with Crippen molar-refractivity contribution in [3.63, 3.8) is 0 Å². The van der Waals surface area contributed by atoms with Gasteiger partial charge in [-0.05, 0) is 13.3 Å². The van der Waals surface area contributed by atoms with Gasteiger partial charge in [-0.3, -0.25) is 4.79 Å². The first-order valence-electron chi connectivity index (χ1n) is 4.16. The molecule has 0 saturated heterocycles. The summed E-state index contributed by atoms with van der Waals surface area (Å²) in [7, 11) is 1.72. The zero-order valence-electron chi connectivity index (χ0n) is 8.11. The van der Waals surface area contributed by atoms with Crippen molar-refractivity contribution >= 4 is 5.78 Å². The van der Waals surface area contributed by atoms with Crippen molar-refractivity contribution in [1.29, 1.82) is 0 Å². The van der Waals surface area contributed by atoms with Crippen LogP contribution in [0.4, 0.5) is 0 Å². The maximum Gasteiger partial charge on any atom is 0.219 e. The predicted octanol–water partition coefficient (Wildman–Crippen LogP) is 0.125. The van der Waals surface area contributed by atoms with Crippen LogP contribution in [-0.2, 0) is 7.05 Å². The number of Topliss-reactive ketones (excluding diaryl/α,β-unsaturated/α-hetero) is 1. The molecule has 5 nitrogen and oxygen atoms in total. The Balaban J connectivity index is 2.98. The molecule has 0 aromatic carbocycles. The number of hydrogen-bond acceptors (Lipinski definition) is 4. The quantitative estimate of drug-likeness (QED) is 0.674. The summed E-state index contributed by atoms with van der Waals surface area (Å²) < 4.78 is 1.57. The topological polar surface area (TPSA) is 73.8 Å². The van der Waals surface area contributed by atoms with Gasteiger partial charge in [0.05, 0.1) is 5.54 Å². The Labute approximate surface area is 76.9 Å². The molecule has 0 saturated carbocycles. The van der Waals surface area contributed by atoms with E-state index in [0.717, 1.165) is 0 Å². The number of carbonyl (C=O) groups is 1. The molecule has 0 bridgehead atoms. The lowest BCUT2D eigenvalue weighted by molar-refractivity contribution is 0.0883. The molecule has 0 fully saturated rings. The predicted molar refractivity (Wildman–Crippen MR) is 48.2 cm³/mol. The Hall–Kier alpha value is -1.23. The van der Waals surface area contributed by atoms with E-state index in [9.17, 15) is 4.79 Å². The van der Waals surface area contributed by atoms with Crippen LogP contribution in [0.15, 0.2) is 6.33 Å². The molecular weight excluding hydrogens is 168 g/mol. The fraction of sp³-hybridized carbons (Fsp3) is 0.625. The largest absolute Gasteiger partial charge is 0.319 e. The van der Waals surface area contributed by atoms with Crippen molar-refractivity contribution in [2.75, 3.05) is 0 Å². The zero-order chi connectivity index (χ0) is 10.1. The van der Waals surface area contributed by atoms with E-state index in [-0.39, 0.29) is 5.78 Å². The first-order chi connectivity index (χ1) is 5.99. The van der Waals surface area contributed by atoms with Crippen molar-refractivity contribution < 1.29 is 4.79 Å². The first kappa shape index (κ1) is 9.85. The van der Waals surface area contributed by atoms with E-state index in [4.69, 9.17) is 5.73 Å². The number of nitrogens with zero attached hydrogens (tertiary/aromatic N) is 3. The second-order valence-electron chi connectivity index (χ2n) is 3.37. The van der Waals surface area contributed by atoms with E-state index >= 15 is 0 Å². The van der Waals surface area contributed by atoms with E-state index in [0.29, 0.717) is 12.2 Å². The highest BCUT2D eigenvalue weighted by atomic mass is 16.1. The molecule has 1 heterocycles. The summed E-state index contributed by atoms with van der Waals surface area (Å²) >= 11 is 0. The summed E-state index contributed by atoms with van der Waals surface area (Å²) in [6.07, 6.45) is 2.07. The van der Waals surface area contributed by atoms with E-state index in [1.165, 1.54) is 6.33 Å². The van der Waals surface area contributed by atoms with Crippen molar-refractivity contribution in [1.82, 2.24) is 14.8 Å². The van der Waals surface area contributed by atoms with Gasteiger partial charge in [0.1, 0.15) is 6.33 Å². The van der Waals surface area contributed by atoms with Gasteiger partial charge in [-0.15, -0.1) is 10.2 Å². The summed E-state index contributed by atoms with van der Waals surface area (Å²) in [5.74, 6) is 0.141. The Morgan fingerprint density at radius 1 is 1.77 bits per heavy atom. The maximum absolute atomic E-state index is 11.7. The number of aryl methyl sites for hydroxylation is 1. The maximum atomic E-state index is 11.7. The van der Waals surface area contributed by atoms with Crippen molar-refractivity contribution in [2.45, 2.75) is 25.8 Å². The number of nitrogens with two attached hydrogens (primary N) is 1. The summed E-state index contributed by atoms with van der Waals surface area (Å²) in [5, 5.41) is 7.34. The summed E-state index contributed by atoms with van der Waals surface area (Å²) in [5.41, 5.74) is 4.94. The highest BCUT2D eigenvalue weighted by Crippen LogP contribution is 2.11. The van der Waals surface area contributed by atoms with Gasteiger partial charge in [-0.25, -0.2) is 0 Å². The number of ketones is 1. The second-order valence-corrected chi connectivity index (χ2v) is 3.37. The van der Waals surface area contributed by atoms with E-state index < -0.39 is 5.54 Å². The van der Waals surface area contributed by atoms with Crippen LogP contribution >= 0.6 is 0 Å². The lowest BCUT2D eigenvalue weighted by atomic mass is 9.94. The molecular formula is C8H14N4O. The van der Waals surface area contributed by atoms with Crippen molar-refractivity contribution in [3.05, 3.63) is 12.2 Å². The molecule has 2 N–H and O–H groups in total. The molecule has 0 aliphatic heterocycles. The van der Waals surface area contributed by atoms with Crippen LogP contribution in [0, 0.1) is 0 Å². The molecule has 5 heteroatoms. The Morgan fingerprint density at radius 2 is 2.38 bits per heavy atom. The third-order valence-electron chi connectivity index (χ3n) is 2.17. The molecule has 1 unspecified atom stereocenters. The number of hydrogen-bond donors (Lipinski definition) is 1. The van der Waals surface area contributed by atoms with Crippen molar-refractivity contribution in [2.24, 2.45) is 12.8 Å². The van der Waals surface area contributed by atoms with Gasteiger partial charge in [-0.1, -0.05) is 6.92 Å². The molecule has 1 aromatic rings. The fourth-order valence-corrected chi connectivity index (χ4v) is 0.905. The molecule has 1 atom stereocenters. The molecule has 0 aliphatic rings. The van der Waals surface area contributed by atoms with Gasteiger partial charge in [0, 0.05) is 7.05 Å². The van der Waals surface area contributed by atoms with Crippen LogP contribution in [-0.4, -0.2) is 26.1 Å². The van der Waals surface area contributed by atoms with Crippen LogP contribution in [0.5, 0.6) is 0 Å². The number of aromatic nitrogens is 3. The summed E-state index contributed by atoms with van der Waals surface area (Å²) in [6, 6.07) is 0. The molecule has 72 valence electrons. The average molecular weight is 182 g/mol. The lowest BCUT2D eigenvalue weighted by Gasteiger charge is -2.19. The third-order valence-corrected chi connectivity index (χ3v) is 2.17. The molecule has 0 radical (unpaired) electrons. The van der Waals surface area contributed by atoms with Gasteiger partial charge < -0.3 is 10.3 Å². The molecule has 13 heavy (non-hydrogen) atoms. The molecule has 0 aliphatic carbocycles. The van der Waals surface area contributed by atoms with Gasteiger partial charge >= 0.3 is 0 Å². The van der Waals surface area contributed by atoms with Gasteiger partial charge in [0.25, 0.3) is 0 Å². The van der Waals surface area contributed by atoms with E-state index in [2.05, 4.69) is 10.2 Å². The SMILES string of the molecule is CCC(C)(N)C(=O)c1nncn1C. The summed E-state index contributed by atoms with van der Waals surface area (Å²) in [4.78, 5) is 11.7. The van der Waals surface area contributed by atoms with E-state index in [1.54, 1.807) is 18.5 Å². The second kappa shape index (κ2) is 3.26. The highest BCUT2D eigenvalue weighted by Gasteiger charge is 2.30. The minimum Gasteiger partial charge on any atom is -0.319 e.